The highest BCUT2D eigenvalue weighted by molar-refractivity contribution is 5.77. The summed E-state index contributed by atoms with van der Waals surface area (Å²) in [6.07, 6.45) is 4.59. The van der Waals surface area contributed by atoms with Crippen molar-refractivity contribution in [3.05, 3.63) is 52.3 Å². The first-order valence-corrected chi connectivity index (χ1v) is 6.47. The Hall–Kier alpha value is -1.83. The first-order chi connectivity index (χ1) is 8.70. The van der Waals surface area contributed by atoms with Crippen LogP contribution in [-0.2, 0) is 12.8 Å². The number of rotatable bonds is 2. The van der Waals surface area contributed by atoms with Gasteiger partial charge in [-0.1, -0.05) is 6.07 Å². The predicted molar refractivity (Wildman–Crippen MR) is 72.7 cm³/mol. The van der Waals surface area contributed by atoms with E-state index in [1.165, 1.54) is 36.1 Å². The standard InChI is InChI=1S/C16H17NO/c1-11-8-15(10-18)12(2)17(11)16-7-6-13-4-3-5-14(13)9-16/h6-10H,3-5H2,1-2H3. The number of carbonyl (C=O) groups is 1. The molecule has 0 N–H and O–H groups in total. The lowest BCUT2D eigenvalue weighted by atomic mass is 10.1. The van der Waals surface area contributed by atoms with Crippen molar-refractivity contribution in [1.29, 1.82) is 0 Å². The number of aromatic nitrogens is 1. The Morgan fingerprint density at radius 3 is 2.61 bits per heavy atom. The first kappa shape index (κ1) is 11.3. The van der Waals surface area contributed by atoms with E-state index >= 15 is 0 Å². The SMILES string of the molecule is Cc1cc(C=O)c(C)n1-c1ccc2c(c1)CCC2. The molecular formula is C16H17NO. The van der Waals surface area contributed by atoms with Crippen LogP contribution in [-0.4, -0.2) is 10.9 Å². The van der Waals surface area contributed by atoms with Gasteiger partial charge in [-0.3, -0.25) is 4.79 Å². The molecule has 2 nitrogen and oxygen atoms in total. The fourth-order valence-corrected chi connectivity index (χ4v) is 3.00. The fraction of sp³-hybridized carbons (Fsp3) is 0.312. The maximum atomic E-state index is 11.0. The van der Waals surface area contributed by atoms with E-state index in [0.717, 1.165) is 23.2 Å². The van der Waals surface area contributed by atoms with Crippen LogP contribution in [0.25, 0.3) is 5.69 Å². The van der Waals surface area contributed by atoms with Gasteiger partial charge in [-0.15, -0.1) is 0 Å². The molecular weight excluding hydrogens is 222 g/mol. The van der Waals surface area contributed by atoms with Crippen molar-refractivity contribution in [1.82, 2.24) is 4.57 Å². The molecule has 2 heteroatoms. The predicted octanol–water partition coefficient (Wildman–Crippen LogP) is 3.40. The summed E-state index contributed by atoms with van der Waals surface area (Å²) < 4.78 is 2.17. The maximum absolute atomic E-state index is 11.0. The number of fused-ring (bicyclic) bond motifs is 1. The molecule has 0 bridgehead atoms. The molecule has 1 aromatic heterocycles. The van der Waals surface area contributed by atoms with Crippen molar-refractivity contribution in [2.75, 3.05) is 0 Å². The first-order valence-electron chi connectivity index (χ1n) is 6.47. The summed E-state index contributed by atoms with van der Waals surface area (Å²) in [6, 6.07) is 8.63. The van der Waals surface area contributed by atoms with E-state index in [0.29, 0.717) is 0 Å². The minimum Gasteiger partial charge on any atom is -0.318 e. The van der Waals surface area contributed by atoms with E-state index in [4.69, 9.17) is 0 Å². The van der Waals surface area contributed by atoms with Crippen LogP contribution < -0.4 is 0 Å². The molecule has 3 rings (SSSR count). The molecule has 0 atom stereocenters. The number of nitrogens with zero attached hydrogens (tertiary/aromatic N) is 1. The summed E-state index contributed by atoms with van der Waals surface area (Å²) in [5, 5.41) is 0. The van der Waals surface area contributed by atoms with Gasteiger partial charge in [0.1, 0.15) is 0 Å². The number of benzene rings is 1. The average Bonchev–Trinajstić information content (AvgIpc) is 2.93. The Balaban J connectivity index is 2.15. The van der Waals surface area contributed by atoms with Gasteiger partial charge in [0, 0.05) is 22.6 Å². The molecule has 0 amide bonds. The van der Waals surface area contributed by atoms with E-state index in [2.05, 4.69) is 22.8 Å². The van der Waals surface area contributed by atoms with Crippen LogP contribution in [0.15, 0.2) is 24.3 Å². The summed E-state index contributed by atoms with van der Waals surface area (Å²) >= 11 is 0. The third-order valence-electron chi connectivity index (χ3n) is 3.94. The van der Waals surface area contributed by atoms with Gasteiger partial charge in [0.25, 0.3) is 0 Å². The van der Waals surface area contributed by atoms with Gasteiger partial charge >= 0.3 is 0 Å². The molecule has 1 aliphatic carbocycles. The number of aryl methyl sites for hydroxylation is 3. The largest absolute Gasteiger partial charge is 0.318 e. The van der Waals surface area contributed by atoms with Crippen LogP contribution in [0.3, 0.4) is 0 Å². The van der Waals surface area contributed by atoms with Crippen molar-refractivity contribution in [3.8, 4) is 5.69 Å². The molecule has 1 aliphatic rings. The van der Waals surface area contributed by atoms with E-state index in [1.807, 2.05) is 19.9 Å². The molecule has 1 aromatic carbocycles. The zero-order chi connectivity index (χ0) is 12.7. The van der Waals surface area contributed by atoms with Crippen molar-refractivity contribution < 1.29 is 4.79 Å². The second-order valence-corrected chi connectivity index (χ2v) is 5.09. The summed E-state index contributed by atoms with van der Waals surface area (Å²) in [7, 11) is 0. The molecule has 18 heavy (non-hydrogen) atoms. The second-order valence-electron chi connectivity index (χ2n) is 5.09. The third-order valence-corrected chi connectivity index (χ3v) is 3.94. The number of hydrogen-bond donors (Lipinski definition) is 0. The normalized spacial score (nSPS) is 13.7. The van der Waals surface area contributed by atoms with Crippen molar-refractivity contribution >= 4 is 6.29 Å². The second kappa shape index (κ2) is 4.13. The van der Waals surface area contributed by atoms with E-state index < -0.39 is 0 Å². The van der Waals surface area contributed by atoms with Crippen LogP contribution >= 0.6 is 0 Å². The summed E-state index contributed by atoms with van der Waals surface area (Å²) in [5.74, 6) is 0. The van der Waals surface area contributed by atoms with Crippen molar-refractivity contribution in [2.45, 2.75) is 33.1 Å². The molecule has 2 aromatic rings. The molecule has 92 valence electrons. The van der Waals surface area contributed by atoms with Crippen LogP contribution in [0.4, 0.5) is 0 Å². The zero-order valence-electron chi connectivity index (χ0n) is 10.9. The van der Waals surface area contributed by atoms with E-state index in [1.54, 1.807) is 0 Å². The topological polar surface area (TPSA) is 22.0 Å². The van der Waals surface area contributed by atoms with Crippen LogP contribution in [0.1, 0.15) is 39.3 Å². The van der Waals surface area contributed by atoms with Crippen molar-refractivity contribution in [2.24, 2.45) is 0 Å². The molecule has 0 saturated carbocycles. The van der Waals surface area contributed by atoms with E-state index in [9.17, 15) is 4.79 Å². The Morgan fingerprint density at radius 1 is 1.11 bits per heavy atom. The zero-order valence-corrected chi connectivity index (χ0v) is 10.9. The van der Waals surface area contributed by atoms with Gasteiger partial charge in [-0.05, 0) is 62.4 Å². The molecule has 0 saturated heterocycles. The summed E-state index contributed by atoms with van der Waals surface area (Å²) in [4.78, 5) is 11.0. The van der Waals surface area contributed by atoms with Crippen LogP contribution in [0.5, 0.6) is 0 Å². The quantitative estimate of drug-likeness (QED) is 0.736. The fourth-order valence-electron chi connectivity index (χ4n) is 3.00. The maximum Gasteiger partial charge on any atom is 0.151 e. The van der Waals surface area contributed by atoms with Gasteiger partial charge in [0.15, 0.2) is 6.29 Å². The Labute approximate surface area is 107 Å². The molecule has 1 heterocycles. The number of hydrogen-bond acceptors (Lipinski definition) is 1. The van der Waals surface area contributed by atoms with Gasteiger partial charge in [0.05, 0.1) is 0 Å². The average molecular weight is 239 g/mol. The summed E-state index contributed by atoms with van der Waals surface area (Å²) in [6.45, 7) is 4.05. The minimum absolute atomic E-state index is 0.785. The van der Waals surface area contributed by atoms with Gasteiger partial charge < -0.3 is 4.57 Å². The highest BCUT2D eigenvalue weighted by Gasteiger charge is 2.14. The lowest BCUT2D eigenvalue weighted by Crippen LogP contribution is -2.00. The van der Waals surface area contributed by atoms with Crippen LogP contribution in [0, 0.1) is 13.8 Å². The monoisotopic (exact) mass is 239 g/mol. The number of carbonyl (C=O) groups excluding carboxylic acids is 1. The summed E-state index contributed by atoms with van der Waals surface area (Å²) in [5.41, 5.74) is 7.06. The van der Waals surface area contributed by atoms with Crippen molar-refractivity contribution in [3.63, 3.8) is 0 Å². The highest BCUT2D eigenvalue weighted by atomic mass is 16.1. The molecule has 0 spiro atoms. The van der Waals surface area contributed by atoms with E-state index in [-0.39, 0.29) is 0 Å². The number of aldehydes is 1. The lowest BCUT2D eigenvalue weighted by molar-refractivity contribution is 0.112. The van der Waals surface area contributed by atoms with Gasteiger partial charge in [-0.25, -0.2) is 0 Å². The molecule has 0 radical (unpaired) electrons. The van der Waals surface area contributed by atoms with Gasteiger partial charge in [-0.2, -0.15) is 0 Å². The third kappa shape index (κ3) is 1.60. The lowest BCUT2D eigenvalue weighted by Gasteiger charge is -2.11. The Kier molecular flexibility index (Phi) is 2.58. The smallest absolute Gasteiger partial charge is 0.151 e. The molecule has 0 unspecified atom stereocenters. The Bertz CT molecular complexity index is 622. The Morgan fingerprint density at radius 2 is 1.89 bits per heavy atom. The highest BCUT2D eigenvalue weighted by Crippen LogP contribution is 2.26. The molecule has 0 fully saturated rings. The molecule has 0 aliphatic heterocycles. The van der Waals surface area contributed by atoms with Crippen LogP contribution in [0.2, 0.25) is 0 Å². The van der Waals surface area contributed by atoms with Gasteiger partial charge in [0.2, 0.25) is 0 Å². The minimum atomic E-state index is 0.785.